The molecule has 1 saturated heterocycles. The Hall–Kier alpha value is -3.97. The second-order valence-electron chi connectivity index (χ2n) is 10.7. The molecule has 3 aromatic rings. The van der Waals surface area contributed by atoms with Crippen LogP contribution in [0.3, 0.4) is 0 Å². The number of hydrogen-bond acceptors (Lipinski definition) is 6. The largest absolute Gasteiger partial charge is 0.507 e. The Balaban J connectivity index is 1.98. The lowest BCUT2D eigenvalue weighted by molar-refractivity contribution is -0.132. The Labute approximate surface area is 239 Å². The van der Waals surface area contributed by atoms with Crippen molar-refractivity contribution in [1.82, 2.24) is 0 Å². The molecule has 3 aromatic carbocycles. The number of phenols is 1. The van der Waals surface area contributed by atoms with Crippen LogP contribution in [0.4, 0.5) is 5.69 Å². The molecule has 40 heavy (non-hydrogen) atoms. The van der Waals surface area contributed by atoms with Gasteiger partial charge in [0.1, 0.15) is 11.5 Å². The quantitative estimate of drug-likeness (QED) is 0.181. The molecule has 0 radical (unpaired) electrons. The number of hydrogen-bond donors (Lipinski definition) is 2. The third-order valence-corrected chi connectivity index (χ3v) is 7.25. The predicted molar refractivity (Wildman–Crippen MR) is 157 cm³/mol. The van der Waals surface area contributed by atoms with Crippen molar-refractivity contribution in [1.29, 1.82) is 0 Å². The van der Waals surface area contributed by atoms with Crippen molar-refractivity contribution in [2.45, 2.75) is 53.0 Å². The van der Waals surface area contributed by atoms with Crippen LogP contribution in [0.5, 0.6) is 17.2 Å². The maximum Gasteiger partial charge on any atom is 0.300 e. The summed E-state index contributed by atoms with van der Waals surface area (Å²) in [4.78, 5) is 28.5. The zero-order chi connectivity index (χ0) is 29.4. The topological polar surface area (TPSA) is 96.3 Å². The minimum Gasteiger partial charge on any atom is -0.507 e. The molecule has 1 amide bonds. The van der Waals surface area contributed by atoms with Gasteiger partial charge in [-0.2, -0.15) is 0 Å². The van der Waals surface area contributed by atoms with Crippen molar-refractivity contribution in [3.05, 3.63) is 87.4 Å². The lowest BCUT2D eigenvalue weighted by Crippen LogP contribution is -2.29. The van der Waals surface area contributed by atoms with Gasteiger partial charge in [-0.1, -0.05) is 44.5 Å². The van der Waals surface area contributed by atoms with E-state index in [1.54, 1.807) is 55.5 Å². The van der Waals surface area contributed by atoms with Gasteiger partial charge >= 0.3 is 0 Å². The average Bonchev–Trinajstić information content (AvgIpc) is 3.16. The molecule has 1 atom stereocenters. The summed E-state index contributed by atoms with van der Waals surface area (Å²) in [5, 5.41) is 22.4. The van der Waals surface area contributed by atoms with Gasteiger partial charge in [-0.05, 0) is 79.8 Å². The Bertz CT molecular complexity index is 1500. The minimum absolute atomic E-state index is 0.0812. The van der Waals surface area contributed by atoms with Crippen LogP contribution in [-0.2, 0) is 15.0 Å². The number of Topliss-reactive ketones (excluding diaryl/α,β-unsaturated/α-hetero) is 1. The Morgan fingerprint density at radius 1 is 0.950 bits per heavy atom. The number of aliphatic hydroxyl groups excluding tert-OH is 1. The molecule has 0 bridgehead atoms. The first-order chi connectivity index (χ1) is 18.9. The molecule has 1 heterocycles. The molecule has 8 heteroatoms. The molecule has 1 unspecified atom stereocenters. The van der Waals surface area contributed by atoms with E-state index >= 15 is 0 Å². The molecule has 0 spiro atoms. The van der Waals surface area contributed by atoms with Crippen molar-refractivity contribution >= 4 is 34.7 Å². The fourth-order valence-electron chi connectivity index (χ4n) is 4.82. The molecule has 4 rings (SSSR count). The van der Waals surface area contributed by atoms with Crippen LogP contribution in [0.25, 0.3) is 5.76 Å². The number of halogens is 1. The Morgan fingerprint density at radius 2 is 1.62 bits per heavy atom. The molecule has 7 nitrogen and oxygen atoms in total. The van der Waals surface area contributed by atoms with Crippen LogP contribution in [0.1, 0.15) is 62.9 Å². The van der Waals surface area contributed by atoms with E-state index in [0.29, 0.717) is 40.8 Å². The number of rotatable bonds is 7. The molecule has 210 valence electrons. The van der Waals surface area contributed by atoms with E-state index < -0.39 is 17.7 Å². The van der Waals surface area contributed by atoms with Crippen LogP contribution >= 0.6 is 11.6 Å². The number of ether oxygens (including phenoxy) is 2. The number of anilines is 1. The smallest absolute Gasteiger partial charge is 0.300 e. The monoisotopic (exact) mass is 563 g/mol. The van der Waals surface area contributed by atoms with Crippen molar-refractivity contribution in [2.75, 3.05) is 18.1 Å². The van der Waals surface area contributed by atoms with Crippen LogP contribution in [0.2, 0.25) is 5.02 Å². The van der Waals surface area contributed by atoms with Gasteiger partial charge in [0.15, 0.2) is 11.5 Å². The summed E-state index contributed by atoms with van der Waals surface area (Å²) < 4.78 is 11.4. The number of aliphatic hydroxyl groups is 1. The highest BCUT2D eigenvalue weighted by Crippen LogP contribution is 2.45. The number of ketones is 1. The Kier molecular flexibility index (Phi) is 8.17. The summed E-state index contributed by atoms with van der Waals surface area (Å²) in [5.41, 5.74) is 2.49. The summed E-state index contributed by atoms with van der Waals surface area (Å²) >= 11 is 6.40. The number of carbonyl (C=O) groups excluding carboxylic acids is 2. The SMILES string of the molecule is CCOc1cc(C2/C(=C(\O)c3ccc(OCC)c(C(C)(C)C)c3)C(=O)C(=O)N2c2ccc(C)c(Cl)c2)ccc1O. The zero-order valence-corrected chi connectivity index (χ0v) is 24.3. The van der Waals surface area contributed by atoms with Crippen molar-refractivity contribution in [3.8, 4) is 17.2 Å². The number of aryl methyl sites for hydroxylation is 1. The fourth-order valence-corrected chi connectivity index (χ4v) is 4.99. The van der Waals surface area contributed by atoms with E-state index in [4.69, 9.17) is 21.1 Å². The predicted octanol–water partition coefficient (Wildman–Crippen LogP) is 7.08. The van der Waals surface area contributed by atoms with Crippen molar-refractivity contribution in [2.24, 2.45) is 0 Å². The number of carbonyl (C=O) groups is 2. The van der Waals surface area contributed by atoms with Crippen LogP contribution < -0.4 is 14.4 Å². The number of nitrogens with zero attached hydrogens (tertiary/aromatic N) is 1. The van der Waals surface area contributed by atoms with E-state index in [1.807, 2.05) is 34.6 Å². The molecule has 0 saturated carbocycles. The minimum atomic E-state index is -1.01. The highest BCUT2D eigenvalue weighted by atomic mass is 35.5. The first-order valence-electron chi connectivity index (χ1n) is 13.2. The summed E-state index contributed by atoms with van der Waals surface area (Å²) in [5.74, 6) is -1.16. The first kappa shape index (κ1) is 29.0. The lowest BCUT2D eigenvalue weighted by atomic mass is 9.84. The normalized spacial score (nSPS) is 16.9. The second-order valence-corrected chi connectivity index (χ2v) is 11.1. The summed E-state index contributed by atoms with van der Waals surface area (Å²) in [6, 6.07) is 13.9. The highest BCUT2D eigenvalue weighted by Gasteiger charge is 2.47. The van der Waals surface area contributed by atoms with E-state index in [9.17, 15) is 19.8 Å². The van der Waals surface area contributed by atoms with Gasteiger partial charge < -0.3 is 19.7 Å². The van der Waals surface area contributed by atoms with Crippen LogP contribution in [0.15, 0.2) is 60.2 Å². The second kappa shape index (κ2) is 11.3. The zero-order valence-electron chi connectivity index (χ0n) is 23.5. The fraction of sp³-hybridized carbons (Fsp3) is 0.312. The average molecular weight is 564 g/mol. The van der Waals surface area contributed by atoms with E-state index in [1.165, 1.54) is 11.0 Å². The summed E-state index contributed by atoms with van der Waals surface area (Å²) in [6.45, 7) is 12.4. The van der Waals surface area contributed by atoms with E-state index in [0.717, 1.165) is 11.1 Å². The molecule has 1 fully saturated rings. The summed E-state index contributed by atoms with van der Waals surface area (Å²) in [6.07, 6.45) is 0. The molecule has 2 N–H and O–H groups in total. The van der Waals surface area contributed by atoms with Gasteiger partial charge in [0.2, 0.25) is 0 Å². The van der Waals surface area contributed by atoms with Gasteiger partial charge in [-0.15, -0.1) is 0 Å². The van der Waals surface area contributed by atoms with Gasteiger partial charge in [0.05, 0.1) is 24.8 Å². The van der Waals surface area contributed by atoms with Gasteiger partial charge in [-0.25, -0.2) is 0 Å². The third-order valence-electron chi connectivity index (χ3n) is 6.84. The van der Waals surface area contributed by atoms with Gasteiger partial charge in [0.25, 0.3) is 11.7 Å². The number of benzene rings is 3. The standard InChI is InChI=1S/C32H34ClNO6/c1-7-39-25-14-11-20(15-22(25)32(4,5)6)29(36)27-28(19-10-13-24(35)26(16-19)40-8-2)34(31(38)30(27)37)21-12-9-18(3)23(33)17-21/h9-17,28,35-36H,7-8H2,1-6H3/b29-27+. The summed E-state index contributed by atoms with van der Waals surface area (Å²) in [7, 11) is 0. The molecular formula is C32H34ClNO6. The van der Waals surface area contributed by atoms with Gasteiger partial charge in [0, 0.05) is 21.8 Å². The molecule has 1 aliphatic heterocycles. The van der Waals surface area contributed by atoms with E-state index in [2.05, 4.69) is 0 Å². The maximum absolute atomic E-state index is 13.6. The first-order valence-corrected chi connectivity index (χ1v) is 13.6. The lowest BCUT2D eigenvalue weighted by Gasteiger charge is -2.27. The Morgan fingerprint density at radius 3 is 2.25 bits per heavy atom. The van der Waals surface area contributed by atoms with E-state index in [-0.39, 0.29) is 28.2 Å². The third kappa shape index (κ3) is 5.39. The number of aromatic hydroxyl groups is 1. The molecule has 1 aliphatic rings. The van der Waals surface area contributed by atoms with Crippen molar-refractivity contribution < 1.29 is 29.3 Å². The number of phenolic OH excluding ortho intramolecular Hbond substituents is 1. The molecule has 0 aromatic heterocycles. The van der Waals surface area contributed by atoms with Crippen molar-refractivity contribution in [3.63, 3.8) is 0 Å². The molecule has 0 aliphatic carbocycles. The van der Waals surface area contributed by atoms with Crippen LogP contribution in [0, 0.1) is 6.92 Å². The van der Waals surface area contributed by atoms with Crippen LogP contribution in [-0.4, -0.2) is 35.1 Å². The highest BCUT2D eigenvalue weighted by molar-refractivity contribution is 6.51. The number of amides is 1. The van der Waals surface area contributed by atoms with Gasteiger partial charge in [-0.3, -0.25) is 14.5 Å². The molecular weight excluding hydrogens is 530 g/mol. The maximum atomic E-state index is 13.6.